The molecule has 1 fully saturated rings. The Bertz CT molecular complexity index is 1010. The molecule has 1 amide bonds. The van der Waals surface area contributed by atoms with Crippen LogP contribution in [-0.4, -0.2) is 49.7 Å². The molecule has 1 aliphatic rings. The lowest BCUT2D eigenvalue weighted by Crippen LogP contribution is -2.50. The van der Waals surface area contributed by atoms with Crippen LogP contribution in [-0.2, 0) is 10.0 Å². The molecule has 0 unspecified atom stereocenters. The molecule has 1 saturated heterocycles. The summed E-state index contributed by atoms with van der Waals surface area (Å²) >= 11 is 5.74. The van der Waals surface area contributed by atoms with Gasteiger partial charge in [-0.05, 0) is 86.2 Å². The van der Waals surface area contributed by atoms with Gasteiger partial charge in [-0.2, -0.15) is 4.31 Å². The number of furan rings is 1. The van der Waals surface area contributed by atoms with Crippen molar-refractivity contribution in [3.8, 4) is 0 Å². The van der Waals surface area contributed by atoms with Gasteiger partial charge < -0.3 is 9.32 Å². The van der Waals surface area contributed by atoms with Crippen molar-refractivity contribution >= 4 is 27.5 Å². The lowest BCUT2D eigenvalue weighted by Gasteiger charge is -2.34. The molecule has 0 radical (unpaired) electrons. The molecule has 0 bridgehead atoms. The first-order valence-corrected chi connectivity index (χ1v) is 11.0. The van der Waals surface area contributed by atoms with Crippen LogP contribution in [0.25, 0.3) is 0 Å². The van der Waals surface area contributed by atoms with Crippen molar-refractivity contribution in [2.45, 2.75) is 39.5 Å². The molecule has 2 aromatic rings. The average molecular weight is 425 g/mol. The number of sulfonamides is 1. The highest BCUT2D eigenvalue weighted by Crippen LogP contribution is 2.32. The Morgan fingerprint density at radius 2 is 1.39 bits per heavy atom. The summed E-state index contributed by atoms with van der Waals surface area (Å²) in [6.07, 6.45) is 0. The van der Waals surface area contributed by atoms with Crippen LogP contribution in [0.1, 0.15) is 38.4 Å². The second-order valence-corrected chi connectivity index (χ2v) is 9.50. The Kier molecular flexibility index (Phi) is 5.62. The third-order valence-electron chi connectivity index (χ3n) is 5.84. The maximum Gasteiger partial charge on any atom is 0.289 e. The van der Waals surface area contributed by atoms with Crippen molar-refractivity contribution < 1.29 is 17.6 Å². The third kappa shape index (κ3) is 3.47. The van der Waals surface area contributed by atoms with Gasteiger partial charge in [0.15, 0.2) is 11.0 Å². The summed E-state index contributed by atoms with van der Waals surface area (Å²) in [7, 11) is -3.64. The van der Waals surface area contributed by atoms with E-state index in [1.54, 1.807) is 4.90 Å². The molecule has 0 saturated carbocycles. The summed E-state index contributed by atoms with van der Waals surface area (Å²) in [5.41, 5.74) is 4.73. The standard InChI is InChI=1S/C20H25ClN2O4S/c1-12-13(2)15(4)19(16(5)14(12)3)28(25,26)23-10-8-22(9-11-23)20(24)17-6-7-18(21)27-17/h6-7H,8-11H2,1-5H3. The van der Waals surface area contributed by atoms with Gasteiger partial charge in [-0.3, -0.25) is 4.79 Å². The van der Waals surface area contributed by atoms with E-state index in [0.29, 0.717) is 18.0 Å². The normalized spacial score (nSPS) is 15.9. The first-order chi connectivity index (χ1) is 13.1. The van der Waals surface area contributed by atoms with Crippen LogP contribution < -0.4 is 0 Å². The molecule has 28 heavy (non-hydrogen) atoms. The SMILES string of the molecule is Cc1c(C)c(C)c(S(=O)(=O)N2CCN(C(=O)c3ccc(Cl)o3)CC2)c(C)c1C. The highest BCUT2D eigenvalue weighted by molar-refractivity contribution is 7.89. The Morgan fingerprint density at radius 1 is 0.893 bits per heavy atom. The van der Waals surface area contributed by atoms with E-state index in [4.69, 9.17) is 16.0 Å². The number of hydrogen-bond donors (Lipinski definition) is 0. The highest BCUT2D eigenvalue weighted by Gasteiger charge is 2.34. The Hall–Kier alpha value is -1.83. The second kappa shape index (κ2) is 7.54. The molecule has 152 valence electrons. The number of halogens is 1. The molecule has 6 nitrogen and oxygen atoms in total. The van der Waals surface area contributed by atoms with Crippen LogP contribution >= 0.6 is 11.6 Å². The smallest absolute Gasteiger partial charge is 0.289 e. The molecule has 3 rings (SSSR count). The van der Waals surface area contributed by atoms with Crippen LogP contribution in [0.5, 0.6) is 0 Å². The van der Waals surface area contributed by atoms with Gasteiger partial charge in [0, 0.05) is 26.2 Å². The highest BCUT2D eigenvalue weighted by atomic mass is 35.5. The minimum atomic E-state index is -3.64. The first-order valence-electron chi connectivity index (χ1n) is 9.17. The van der Waals surface area contributed by atoms with Crippen LogP contribution in [0.15, 0.2) is 21.4 Å². The molecule has 2 heterocycles. The van der Waals surface area contributed by atoms with E-state index in [1.165, 1.54) is 16.4 Å². The van der Waals surface area contributed by atoms with E-state index in [0.717, 1.165) is 27.8 Å². The number of carbonyl (C=O) groups excluding carboxylic acids is 1. The number of rotatable bonds is 3. The number of nitrogens with zero attached hydrogens (tertiary/aromatic N) is 2. The van der Waals surface area contributed by atoms with Gasteiger partial charge in [0.25, 0.3) is 5.91 Å². The van der Waals surface area contributed by atoms with Gasteiger partial charge in [-0.25, -0.2) is 8.42 Å². The van der Waals surface area contributed by atoms with E-state index in [2.05, 4.69) is 0 Å². The maximum atomic E-state index is 13.4. The fourth-order valence-corrected chi connectivity index (χ4v) is 5.83. The number of amides is 1. The summed E-state index contributed by atoms with van der Waals surface area (Å²) < 4.78 is 33.4. The van der Waals surface area contributed by atoms with E-state index < -0.39 is 10.0 Å². The fraction of sp³-hybridized carbons (Fsp3) is 0.450. The number of carbonyl (C=O) groups is 1. The molecule has 1 aromatic heterocycles. The lowest BCUT2D eigenvalue weighted by atomic mass is 9.95. The van der Waals surface area contributed by atoms with Gasteiger partial charge in [-0.1, -0.05) is 0 Å². The fourth-order valence-electron chi connectivity index (χ4n) is 3.70. The first kappa shape index (κ1) is 20.9. The molecule has 0 N–H and O–H groups in total. The summed E-state index contributed by atoms with van der Waals surface area (Å²) in [6, 6.07) is 3.04. The van der Waals surface area contributed by atoms with Crippen LogP contribution in [0.4, 0.5) is 0 Å². The quantitative estimate of drug-likeness (QED) is 0.754. The predicted molar refractivity (Wildman–Crippen MR) is 109 cm³/mol. The van der Waals surface area contributed by atoms with E-state index in [-0.39, 0.29) is 30.0 Å². The largest absolute Gasteiger partial charge is 0.440 e. The van der Waals surface area contributed by atoms with Crippen molar-refractivity contribution in [3.05, 3.63) is 50.9 Å². The third-order valence-corrected chi connectivity index (χ3v) is 8.22. The summed E-state index contributed by atoms with van der Waals surface area (Å²) in [5.74, 6) is -0.115. The van der Waals surface area contributed by atoms with Gasteiger partial charge in [0.2, 0.25) is 10.0 Å². The van der Waals surface area contributed by atoms with Gasteiger partial charge >= 0.3 is 0 Å². The zero-order valence-corrected chi connectivity index (χ0v) is 18.4. The number of benzene rings is 1. The van der Waals surface area contributed by atoms with Crippen LogP contribution in [0, 0.1) is 34.6 Å². The van der Waals surface area contributed by atoms with Crippen LogP contribution in [0.3, 0.4) is 0 Å². The Labute approximate surface area is 171 Å². The average Bonchev–Trinajstić information content (AvgIpc) is 3.10. The van der Waals surface area contributed by atoms with Crippen molar-refractivity contribution in [2.75, 3.05) is 26.2 Å². The summed E-state index contributed by atoms with van der Waals surface area (Å²) in [6.45, 7) is 10.8. The monoisotopic (exact) mass is 424 g/mol. The van der Waals surface area contributed by atoms with E-state index in [1.807, 2.05) is 34.6 Å². The lowest BCUT2D eigenvalue weighted by molar-refractivity contribution is 0.0666. The van der Waals surface area contributed by atoms with Crippen molar-refractivity contribution in [3.63, 3.8) is 0 Å². The molecule has 0 aliphatic carbocycles. The van der Waals surface area contributed by atoms with E-state index in [9.17, 15) is 13.2 Å². The number of hydrogen-bond acceptors (Lipinski definition) is 4. The van der Waals surface area contributed by atoms with Gasteiger partial charge in [0.1, 0.15) is 0 Å². The molecule has 0 spiro atoms. The topological polar surface area (TPSA) is 70.8 Å². The molecule has 1 aromatic carbocycles. The molecular formula is C20H25ClN2O4S. The van der Waals surface area contributed by atoms with Crippen molar-refractivity contribution in [1.82, 2.24) is 9.21 Å². The molecule has 0 atom stereocenters. The Morgan fingerprint density at radius 3 is 1.86 bits per heavy atom. The van der Waals surface area contributed by atoms with Gasteiger partial charge in [-0.15, -0.1) is 0 Å². The summed E-state index contributed by atoms with van der Waals surface area (Å²) in [4.78, 5) is 14.5. The van der Waals surface area contributed by atoms with E-state index >= 15 is 0 Å². The summed E-state index contributed by atoms with van der Waals surface area (Å²) in [5, 5.41) is 0.153. The maximum absolute atomic E-state index is 13.4. The van der Waals surface area contributed by atoms with Crippen molar-refractivity contribution in [1.29, 1.82) is 0 Å². The second-order valence-electron chi connectivity index (χ2n) is 7.25. The molecule has 1 aliphatic heterocycles. The zero-order chi connectivity index (χ0) is 20.8. The predicted octanol–water partition coefficient (Wildman–Crippen LogP) is 3.62. The Balaban J connectivity index is 1.84. The minimum absolute atomic E-state index is 0.153. The van der Waals surface area contributed by atoms with Crippen LogP contribution in [0.2, 0.25) is 5.22 Å². The number of piperazine rings is 1. The molecular weight excluding hydrogens is 400 g/mol. The minimum Gasteiger partial charge on any atom is -0.440 e. The van der Waals surface area contributed by atoms with Gasteiger partial charge in [0.05, 0.1) is 4.90 Å². The van der Waals surface area contributed by atoms with Crippen molar-refractivity contribution in [2.24, 2.45) is 0 Å². The zero-order valence-electron chi connectivity index (χ0n) is 16.8. The molecule has 8 heteroatoms.